The Morgan fingerprint density at radius 3 is 2.84 bits per heavy atom. The molecule has 1 aromatic heterocycles. The molecule has 0 aliphatic heterocycles. The van der Waals surface area contributed by atoms with Crippen molar-refractivity contribution in [2.75, 3.05) is 19.0 Å². The summed E-state index contributed by atoms with van der Waals surface area (Å²) in [6, 6.07) is 6.14. The van der Waals surface area contributed by atoms with Gasteiger partial charge < -0.3 is 10.1 Å². The van der Waals surface area contributed by atoms with Crippen molar-refractivity contribution in [1.29, 1.82) is 0 Å². The first-order valence-electron chi connectivity index (χ1n) is 6.14. The Balaban J connectivity index is 2.38. The highest BCUT2D eigenvalue weighted by atomic mass is 19.1. The molecule has 0 fully saturated rings. The van der Waals surface area contributed by atoms with Gasteiger partial charge in [0.25, 0.3) is 0 Å². The number of anilines is 1. The number of methoxy groups -OCH3 is 1. The molecule has 0 spiro atoms. The van der Waals surface area contributed by atoms with Crippen LogP contribution in [-0.4, -0.2) is 23.6 Å². The second-order valence-electron chi connectivity index (χ2n) is 4.06. The van der Waals surface area contributed by atoms with E-state index in [-0.39, 0.29) is 5.82 Å². The van der Waals surface area contributed by atoms with Gasteiger partial charge in [0.05, 0.1) is 12.8 Å². The lowest BCUT2D eigenvalue weighted by Gasteiger charge is -2.09. The Hall–Kier alpha value is -2.17. The Kier molecular flexibility index (Phi) is 4.28. The van der Waals surface area contributed by atoms with Crippen LogP contribution < -0.4 is 10.1 Å². The summed E-state index contributed by atoms with van der Waals surface area (Å²) in [6.45, 7) is 2.90. The lowest BCUT2D eigenvalue weighted by Crippen LogP contribution is -2.02. The number of benzene rings is 1. The number of ether oxygens (including phenoxy) is 1. The summed E-state index contributed by atoms with van der Waals surface area (Å²) in [4.78, 5) is 8.29. The van der Waals surface area contributed by atoms with Gasteiger partial charge in [-0.3, -0.25) is 0 Å². The molecule has 0 saturated carbocycles. The summed E-state index contributed by atoms with van der Waals surface area (Å²) in [5.74, 6) is 0.984. The molecule has 1 N–H and O–H groups in total. The number of halogens is 1. The normalized spacial score (nSPS) is 10.3. The Morgan fingerprint density at radius 2 is 2.11 bits per heavy atom. The van der Waals surface area contributed by atoms with Crippen molar-refractivity contribution in [2.45, 2.75) is 13.3 Å². The molecule has 0 radical (unpaired) electrons. The van der Waals surface area contributed by atoms with Crippen molar-refractivity contribution in [1.82, 2.24) is 9.97 Å². The molecular weight excluding hydrogens is 245 g/mol. The molecular formula is C14H16FN3O. The van der Waals surface area contributed by atoms with Crippen molar-refractivity contribution in [3.8, 4) is 17.0 Å². The van der Waals surface area contributed by atoms with E-state index < -0.39 is 0 Å². The van der Waals surface area contributed by atoms with Crippen LogP contribution in [0, 0.1) is 5.82 Å². The molecule has 5 heteroatoms. The number of hydrogen-bond acceptors (Lipinski definition) is 4. The van der Waals surface area contributed by atoms with Gasteiger partial charge >= 0.3 is 0 Å². The number of hydrogen-bond donors (Lipinski definition) is 1. The van der Waals surface area contributed by atoms with Crippen molar-refractivity contribution in [3.63, 3.8) is 0 Å². The SMILES string of the molecule is CCCNc1cc(-c2cc(F)ccc2OC)ncn1. The number of nitrogens with zero attached hydrogens (tertiary/aromatic N) is 2. The van der Waals surface area contributed by atoms with E-state index in [1.165, 1.54) is 18.5 Å². The first kappa shape index (κ1) is 13.3. The number of rotatable bonds is 5. The third kappa shape index (κ3) is 3.19. The van der Waals surface area contributed by atoms with Gasteiger partial charge in [-0.15, -0.1) is 0 Å². The highest BCUT2D eigenvalue weighted by Gasteiger charge is 2.09. The molecule has 1 aromatic carbocycles. The van der Waals surface area contributed by atoms with Crippen LogP contribution in [0.3, 0.4) is 0 Å². The van der Waals surface area contributed by atoms with Gasteiger partial charge in [-0.2, -0.15) is 0 Å². The number of aromatic nitrogens is 2. The van der Waals surface area contributed by atoms with Gasteiger partial charge in [-0.05, 0) is 24.6 Å². The average molecular weight is 261 g/mol. The maximum Gasteiger partial charge on any atom is 0.129 e. The van der Waals surface area contributed by atoms with Crippen LogP contribution in [0.5, 0.6) is 5.75 Å². The monoisotopic (exact) mass is 261 g/mol. The second-order valence-corrected chi connectivity index (χ2v) is 4.06. The van der Waals surface area contributed by atoms with Crippen LogP contribution in [0.1, 0.15) is 13.3 Å². The van der Waals surface area contributed by atoms with Crippen LogP contribution >= 0.6 is 0 Å². The molecule has 0 atom stereocenters. The Morgan fingerprint density at radius 1 is 1.26 bits per heavy atom. The third-order valence-corrected chi connectivity index (χ3v) is 2.66. The van der Waals surface area contributed by atoms with Crippen molar-refractivity contribution in [2.24, 2.45) is 0 Å². The zero-order valence-corrected chi connectivity index (χ0v) is 11.0. The summed E-state index contributed by atoms with van der Waals surface area (Å²) < 4.78 is 18.6. The molecule has 0 bridgehead atoms. The van der Waals surface area contributed by atoms with E-state index in [0.717, 1.165) is 18.8 Å². The highest BCUT2D eigenvalue weighted by molar-refractivity contribution is 5.69. The van der Waals surface area contributed by atoms with Gasteiger partial charge in [0, 0.05) is 18.2 Å². The van der Waals surface area contributed by atoms with E-state index in [1.807, 2.05) is 0 Å². The highest BCUT2D eigenvalue weighted by Crippen LogP contribution is 2.29. The van der Waals surface area contributed by atoms with E-state index >= 15 is 0 Å². The minimum atomic E-state index is -0.322. The van der Waals surface area contributed by atoms with E-state index in [0.29, 0.717) is 17.0 Å². The minimum absolute atomic E-state index is 0.322. The number of nitrogens with one attached hydrogen (secondary N) is 1. The van der Waals surface area contributed by atoms with Gasteiger partial charge in [-0.1, -0.05) is 6.92 Å². The van der Waals surface area contributed by atoms with E-state index in [1.54, 1.807) is 19.2 Å². The Labute approximate surface area is 111 Å². The maximum absolute atomic E-state index is 13.4. The summed E-state index contributed by atoms with van der Waals surface area (Å²) in [5.41, 5.74) is 1.24. The fourth-order valence-corrected chi connectivity index (χ4v) is 1.73. The molecule has 0 saturated heterocycles. The molecule has 4 nitrogen and oxygen atoms in total. The van der Waals surface area contributed by atoms with Gasteiger partial charge in [0.2, 0.25) is 0 Å². The topological polar surface area (TPSA) is 47.0 Å². The van der Waals surface area contributed by atoms with Gasteiger partial charge in [0.1, 0.15) is 23.7 Å². The first-order valence-corrected chi connectivity index (χ1v) is 6.14. The van der Waals surface area contributed by atoms with Gasteiger partial charge in [0.15, 0.2) is 0 Å². The third-order valence-electron chi connectivity index (χ3n) is 2.66. The van der Waals surface area contributed by atoms with Crippen LogP contribution in [0.25, 0.3) is 11.3 Å². The van der Waals surface area contributed by atoms with E-state index in [9.17, 15) is 4.39 Å². The predicted octanol–water partition coefficient (Wildman–Crippen LogP) is 3.11. The molecule has 19 heavy (non-hydrogen) atoms. The fourth-order valence-electron chi connectivity index (χ4n) is 1.73. The lowest BCUT2D eigenvalue weighted by molar-refractivity contribution is 0.415. The van der Waals surface area contributed by atoms with Crippen LogP contribution in [-0.2, 0) is 0 Å². The second kappa shape index (κ2) is 6.13. The molecule has 100 valence electrons. The summed E-state index contributed by atoms with van der Waals surface area (Å²) in [6.07, 6.45) is 2.46. The zero-order valence-electron chi connectivity index (χ0n) is 11.0. The molecule has 0 aliphatic rings. The molecule has 1 heterocycles. The van der Waals surface area contributed by atoms with Crippen molar-refractivity contribution in [3.05, 3.63) is 36.4 Å². The summed E-state index contributed by atoms with van der Waals surface area (Å²) in [5, 5.41) is 3.17. The molecule has 2 rings (SSSR count). The van der Waals surface area contributed by atoms with Crippen LogP contribution in [0.15, 0.2) is 30.6 Å². The lowest BCUT2D eigenvalue weighted by atomic mass is 10.1. The van der Waals surface area contributed by atoms with Crippen molar-refractivity contribution >= 4 is 5.82 Å². The molecule has 0 amide bonds. The smallest absolute Gasteiger partial charge is 0.129 e. The fraction of sp³-hybridized carbons (Fsp3) is 0.286. The standard InChI is InChI=1S/C14H16FN3O/c1-3-6-16-14-8-12(17-9-18-14)11-7-10(15)4-5-13(11)19-2/h4-5,7-9H,3,6H2,1-2H3,(H,16,17,18). The van der Waals surface area contributed by atoms with E-state index in [4.69, 9.17) is 4.74 Å². The van der Waals surface area contributed by atoms with E-state index in [2.05, 4.69) is 22.2 Å². The van der Waals surface area contributed by atoms with Crippen LogP contribution in [0.4, 0.5) is 10.2 Å². The largest absolute Gasteiger partial charge is 0.496 e. The summed E-state index contributed by atoms with van der Waals surface area (Å²) >= 11 is 0. The molecule has 2 aromatic rings. The predicted molar refractivity (Wildman–Crippen MR) is 72.8 cm³/mol. The van der Waals surface area contributed by atoms with Gasteiger partial charge in [-0.25, -0.2) is 14.4 Å². The quantitative estimate of drug-likeness (QED) is 0.898. The van der Waals surface area contributed by atoms with Crippen molar-refractivity contribution < 1.29 is 9.13 Å². The molecule has 0 unspecified atom stereocenters. The van der Waals surface area contributed by atoms with Crippen LogP contribution in [0.2, 0.25) is 0 Å². The maximum atomic E-state index is 13.4. The Bertz CT molecular complexity index is 560. The molecule has 0 aliphatic carbocycles. The first-order chi connectivity index (χ1) is 9.24. The average Bonchev–Trinajstić information content (AvgIpc) is 2.45. The zero-order chi connectivity index (χ0) is 13.7. The minimum Gasteiger partial charge on any atom is -0.496 e. The summed E-state index contributed by atoms with van der Waals surface area (Å²) in [7, 11) is 1.55.